The Morgan fingerprint density at radius 1 is 0.812 bits per heavy atom. The first-order valence-corrected chi connectivity index (χ1v) is 19.7. The Labute approximate surface area is 205 Å². The third kappa shape index (κ3) is 3.91. The molecule has 4 aliphatic rings. The molecule has 170 valence electrons. The molecule has 0 radical (unpaired) electrons. The van der Waals surface area contributed by atoms with Crippen molar-refractivity contribution in [1.82, 2.24) is 9.34 Å². The molecule has 1 fully saturated rings. The lowest BCUT2D eigenvalue weighted by atomic mass is 10.2. The number of para-hydroxylation sites is 2. The van der Waals surface area contributed by atoms with Crippen LogP contribution in [0.2, 0.25) is 0 Å². The molecule has 0 saturated carbocycles. The van der Waals surface area contributed by atoms with E-state index in [0.717, 1.165) is 24.2 Å². The fourth-order valence-corrected chi connectivity index (χ4v) is 23.8. The van der Waals surface area contributed by atoms with Crippen LogP contribution in [0.1, 0.15) is 11.1 Å². The first-order chi connectivity index (χ1) is 15.2. The maximum Gasteiger partial charge on any atom is 0.407 e. The molecular formula is C16H16Cl4N6O2P4. The van der Waals surface area contributed by atoms with Gasteiger partial charge in [-0.15, -0.1) is 9.34 Å². The lowest BCUT2D eigenvalue weighted by Gasteiger charge is -2.41. The second-order valence-corrected chi connectivity index (χ2v) is 21.7. The van der Waals surface area contributed by atoms with E-state index in [-0.39, 0.29) is 0 Å². The number of fused-ring (bicyclic) bond motifs is 2. The first-order valence-electron chi connectivity index (χ1n) is 9.58. The largest absolute Gasteiger partial charge is 0.505 e. The summed E-state index contributed by atoms with van der Waals surface area (Å²) in [5, 5.41) is 0. The van der Waals surface area contributed by atoms with E-state index in [1.54, 1.807) is 0 Å². The van der Waals surface area contributed by atoms with Crippen molar-refractivity contribution in [3.05, 3.63) is 64.5 Å². The molecule has 3 atom stereocenters. The Hall–Kier alpha value is 0.200. The van der Waals surface area contributed by atoms with Crippen LogP contribution >= 0.6 is 72.3 Å². The monoisotopic (exact) mass is 588 g/mol. The third-order valence-electron chi connectivity index (χ3n) is 5.35. The summed E-state index contributed by atoms with van der Waals surface area (Å²) in [4.78, 5) is 4.51. The van der Waals surface area contributed by atoms with Crippen LogP contribution in [0.15, 0.2) is 62.1 Å². The van der Waals surface area contributed by atoms with Gasteiger partial charge in [0.1, 0.15) is 11.5 Å². The lowest BCUT2D eigenvalue weighted by molar-refractivity contribution is 0.450. The van der Waals surface area contributed by atoms with Gasteiger partial charge in [0.25, 0.3) is 0 Å². The van der Waals surface area contributed by atoms with Gasteiger partial charge in [0.15, 0.2) is 6.78 Å². The maximum atomic E-state index is 7.01. The highest BCUT2D eigenvalue weighted by Gasteiger charge is 2.63. The zero-order valence-electron chi connectivity index (χ0n) is 16.2. The van der Waals surface area contributed by atoms with E-state index in [1.807, 2.05) is 48.5 Å². The number of hydrogen-bond donors (Lipinski definition) is 0. The van der Waals surface area contributed by atoms with Gasteiger partial charge in [-0.3, -0.25) is 0 Å². The van der Waals surface area contributed by atoms with E-state index in [9.17, 15) is 0 Å². The Balaban J connectivity index is 1.67. The van der Waals surface area contributed by atoms with Crippen molar-refractivity contribution in [3.63, 3.8) is 0 Å². The molecule has 1 spiro atoms. The van der Waals surface area contributed by atoms with Crippen LogP contribution < -0.4 is 9.05 Å². The molecule has 1 unspecified atom stereocenters. The van der Waals surface area contributed by atoms with Gasteiger partial charge in [0.2, 0.25) is 0 Å². The molecule has 0 aromatic heterocycles. The van der Waals surface area contributed by atoms with Crippen LogP contribution in [0, 0.1) is 0 Å². The molecule has 4 heterocycles. The van der Waals surface area contributed by atoms with Crippen LogP contribution in [0.25, 0.3) is 4.86 Å². The average Bonchev–Trinajstić information content (AvgIpc) is 2.95. The Kier molecular flexibility index (Phi) is 5.56. The summed E-state index contributed by atoms with van der Waals surface area (Å²) >= 11 is 27.2. The second-order valence-electron chi connectivity index (χ2n) is 7.47. The Morgan fingerprint density at radius 2 is 1.38 bits per heavy atom. The highest BCUT2D eigenvalue weighted by atomic mass is 35.9. The fraction of sp³-hybridized carbons (Fsp3) is 0.250. The summed E-state index contributed by atoms with van der Waals surface area (Å²) in [5.74, 6) is -2.20. The quantitative estimate of drug-likeness (QED) is 0.287. The van der Waals surface area contributed by atoms with Crippen molar-refractivity contribution >= 4 is 72.3 Å². The summed E-state index contributed by atoms with van der Waals surface area (Å²) < 4.78 is 31.6. The minimum absolute atomic E-state index is 0.574. The zero-order chi connectivity index (χ0) is 22.2. The minimum atomic E-state index is -3.41. The van der Waals surface area contributed by atoms with Crippen LogP contribution in [0.3, 0.4) is 0 Å². The van der Waals surface area contributed by atoms with Gasteiger partial charge in [0, 0.05) is 11.1 Å². The standard InChI is InChI=1S/C16H16Cl4N6O2P4/c17-29(18)21-30(19)23-32-24-31(20,22-29)28-16-8-4-2-6-14(16)12-26(32)10-9-25(32)11-13-5-1-3-7-15(13)27-30/h1-8H,9-12H2/t30-,31-,32?/m0/s1. The van der Waals surface area contributed by atoms with Gasteiger partial charge < -0.3 is 13.9 Å². The Morgan fingerprint density at radius 3 is 2.00 bits per heavy atom. The van der Waals surface area contributed by atoms with Gasteiger partial charge in [-0.05, 0) is 32.4 Å². The van der Waals surface area contributed by atoms with Crippen molar-refractivity contribution in [1.29, 1.82) is 0 Å². The van der Waals surface area contributed by atoms with E-state index in [2.05, 4.69) is 18.7 Å². The van der Waals surface area contributed by atoms with E-state index >= 15 is 0 Å². The topological polar surface area (TPSA) is 76.1 Å². The smallest absolute Gasteiger partial charge is 0.407 e. The van der Waals surface area contributed by atoms with Gasteiger partial charge in [0.05, 0.1) is 32.1 Å². The molecule has 2 aromatic rings. The molecular weight excluding hydrogens is 574 g/mol. The predicted molar refractivity (Wildman–Crippen MR) is 137 cm³/mol. The van der Waals surface area contributed by atoms with Crippen LogP contribution in [-0.2, 0) is 13.1 Å². The SMILES string of the molecule is ClP1(Cl)=N[P@@]2(Cl)=N[P+]34N=[P@](Cl)([N-]1)Oc1ccccc1CN3CCN4Cc1ccccc1O2. The molecule has 3 bridgehead atoms. The summed E-state index contributed by atoms with van der Waals surface area (Å²) in [6, 6.07) is 15.4. The van der Waals surface area contributed by atoms with E-state index in [4.69, 9.17) is 63.0 Å². The van der Waals surface area contributed by atoms with Crippen molar-refractivity contribution in [2.24, 2.45) is 13.5 Å². The van der Waals surface area contributed by atoms with Crippen molar-refractivity contribution in [2.45, 2.75) is 13.1 Å². The molecule has 0 amide bonds. The van der Waals surface area contributed by atoms with Crippen molar-refractivity contribution in [3.8, 4) is 11.5 Å². The summed E-state index contributed by atoms with van der Waals surface area (Å²) in [7, 11) is -2.86. The summed E-state index contributed by atoms with van der Waals surface area (Å²) in [6.07, 6.45) is 0. The maximum absolute atomic E-state index is 7.01. The summed E-state index contributed by atoms with van der Waals surface area (Å²) in [6.45, 7) is -4.15. The average molecular weight is 590 g/mol. The van der Waals surface area contributed by atoms with E-state index in [0.29, 0.717) is 24.6 Å². The van der Waals surface area contributed by atoms with Gasteiger partial charge in [-0.2, -0.15) is 0 Å². The van der Waals surface area contributed by atoms with Crippen LogP contribution in [0.5, 0.6) is 11.5 Å². The molecule has 2 aromatic carbocycles. The molecule has 32 heavy (non-hydrogen) atoms. The molecule has 16 heteroatoms. The normalized spacial score (nSPS) is 35.2. The fourth-order valence-electron chi connectivity index (χ4n) is 4.05. The highest BCUT2D eigenvalue weighted by molar-refractivity contribution is 8.22. The molecule has 0 aliphatic carbocycles. The molecule has 0 N–H and O–H groups in total. The molecule has 6 rings (SSSR count). The van der Waals surface area contributed by atoms with Gasteiger partial charge in [-0.25, -0.2) is 4.52 Å². The molecule has 8 nitrogen and oxygen atoms in total. The number of rotatable bonds is 0. The Bertz CT molecular complexity index is 1290. The summed E-state index contributed by atoms with van der Waals surface area (Å²) in [5.41, 5.74) is 1.93. The third-order valence-corrected chi connectivity index (χ3v) is 20.9. The van der Waals surface area contributed by atoms with Crippen LogP contribution in [0.4, 0.5) is 0 Å². The lowest BCUT2D eigenvalue weighted by Crippen LogP contribution is -2.24. The van der Waals surface area contributed by atoms with Gasteiger partial charge in [-0.1, -0.05) is 70.1 Å². The number of benzene rings is 2. The van der Waals surface area contributed by atoms with E-state index in [1.165, 1.54) is 0 Å². The van der Waals surface area contributed by atoms with E-state index < -0.39 is 27.3 Å². The van der Waals surface area contributed by atoms with Crippen molar-refractivity contribution in [2.75, 3.05) is 13.1 Å². The second kappa shape index (κ2) is 7.85. The first kappa shape index (κ1) is 22.7. The number of halogens is 4. The number of nitrogens with zero attached hydrogens (tertiary/aromatic N) is 6. The predicted octanol–water partition coefficient (Wildman–Crippen LogP) is 9.65. The molecule has 1 saturated heterocycles. The molecule has 4 aliphatic heterocycles. The van der Waals surface area contributed by atoms with Crippen molar-refractivity contribution < 1.29 is 9.05 Å². The number of hydrogen-bond acceptors (Lipinski definition) is 7. The minimum Gasteiger partial charge on any atom is -0.505 e. The zero-order valence-corrected chi connectivity index (χ0v) is 22.8. The van der Waals surface area contributed by atoms with Gasteiger partial charge >= 0.3 is 14.7 Å². The highest BCUT2D eigenvalue weighted by Crippen LogP contribution is 2.92. The van der Waals surface area contributed by atoms with Crippen LogP contribution in [-0.4, -0.2) is 22.4 Å².